The van der Waals surface area contributed by atoms with E-state index in [4.69, 9.17) is 23.2 Å². The van der Waals surface area contributed by atoms with Gasteiger partial charge in [0.05, 0.1) is 15.6 Å². The monoisotopic (exact) mass is 335 g/mol. The third-order valence-corrected chi connectivity index (χ3v) is 4.48. The molecule has 1 aliphatic rings. The highest BCUT2D eigenvalue weighted by atomic mass is 79.9. The van der Waals surface area contributed by atoms with Gasteiger partial charge in [-0.15, -0.1) is 0 Å². The van der Waals surface area contributed by atoms with Crippen molar-refractivity contribution in [3.63, 3.8) is 0 Å². The summed E-state index contributed by atoms with van der Waals surface area (Å²) in [5, 5.41) is 3.61. The number of hydrogen-bond acceptors (Lipinski definition) is 1. The number of alkyl halides is 1. The van der Waals surface area contributed by atoms with E-state index >= 15 is 0 Å². The highest BCUT2D eigenvalue weighted by Crippen LogP contribution is 2.36. The third kappa shape index (κ3) is 3.36. The lowest BCUT2D eigenvalue weighted by atomic mass is 10.2. The number of benzene rings is 1. The molecular weight excluding hydrogens is 325 g/mol. The van der Waals surface area contributed by atoms with Gasteiger partial charge in [-0.2, -0.15) is 0 Å². The minimum absolute atomic E-state index is 0.217. The second-order valence-corrected chi connectivity index (χ2v) is 6.15. The largest absolute Gasteiger partial charge is 0.351 e. The molecule has 1 unspecified atom stereocenters. The first kappa shape index (κ1) is 13.2. The molecule has 0 saturated heterocycles. The van der Waals surface area contributed by atoms with Gasteiger partial charge in [-0.1, -0.05) is 45.2 Å². The van der Waals surface area contributed by atoms with Gasteiger partial charge in [-0.25, -0.2) is 0 Å². The van der Waals surface area contributed by atoms with Crippen LogP contribution in [-0.2, 0) is 0 Å². The molecule has 0 aliphatic heterocycles. The number of hydrogen-bond donors (Lipinski definition) is 1. The van der Waals surface area contributed by atoms with Crippen molar-refractivity contribution in [3.8, 4) is 0 Å². The van der Waals surface area contributed by atoms with Crippen molar-refractivity contribution in [3.05, 3.63) is 33.8 Å². The lowest BCUT2D eigenvalue weighted by Gasteiger charge is -2.11. The topological polar surface area (TPSA) is 29.1 Å². The van der Waals surface area contributed by atoms with E-state index in [0.717, 1.165) is 0 Å². The summed E-state index contributed by atoms with van der Waals surface area (Å²) >= 11 is 15.5. The van der Waals surface area contributed by atoms with E-state index in [1.54, 1.807) is 18.2 Å². The fourth-order valence-electron chi connectivity index (χ4n) is 1.62. The van der Waals surface area contributed by atoms with Crippen LogP contribution < -0.4 is 5.32 Å². The van der Waals surface area contributed by atoms with Crippen LogP contribution in [0.4, 0.5) is 0 Å². The number of amides is 1. The zero-order valence-corrected chi connectivity index (χ0v) is 12.1. The Bertz CT molecular complexity index is 414. The Morgan fingerprint density at radius 2 is 2.00 bits per heavy atom. The van der Waals surface area contributed by atoms with Gasteiger partial charge in [-0.05, 0) is 30.9 Å². The second kappa shape index (κ2) is 5.59. The first-order valence-electron chi connectivity index (χ1n) is 5.46. The maximum atomic E-state index is 11.9. The van der Waals surface area contributed by atoms with Crippen LogP contribution >= 0.6 is 39.1 Å². The molecule has 1 N–H and O–H groups in total. The van der Waals surface area contributed by atoms with Crippen LogP contribution in [0.25, 0.3) is 0 Å². The Morgan fingerprint density at radius 3 is 2.53 bits per heavy atom. The molecule has 1 aliphatic carbocycles. The molecule has 1 aromatic rings. The minimum atomic E-state index is -0.217. The molecule has 5 heteroatoms. The molecule has 0 heterocycles. The maximum Gasteiger partial charge on any atom is 0.254 e. The maximum absolute atomic E-state index is 11.9. The van der Waals surface area contributed by atoms with Crippen molar-refractivity contribution in [2.75, 3.05) is 6.54 Å². The van der Waals surface area contributed by atoms with Crippen LogP contribution in [0.3, 0.4) is 0 Å². The number of carbonyl (C=O) groups excluding carboxylic acids is 1. The summed E-state index contributed by atoms with van der Waals surface area (Å²) in [7, 11) is 0. The summed E-state index contributed by atoms with van der Waals surface area (Å²) in [6.45, 7) is 0.602. The average molecular weight is 337 g/mol. The van der Waals surface area contributed by atoms with Crippen LogP contribution in [0.2, 0.25) is 10.0 Å². The van der Waals surface area contributed by atoms with Gasteiger partial charge in [0.1, 0.15) is 0 Å². The lowest BCUT2D eigenvalue weighted by Crippen LogP contribution is -2.30. The summed E-state index contributed by atoms with van der Waals surface area (Å²) in [5.74, 6) is 0.475. The van der Waals surface area contributed by atoms with Gasteiger partial charge in [0.25, 0.3) is 5.91 Å². The molecule has 0 aromatic heterocycles. The molecule has 1 aromatic carbocycles. The van der Waals surface area contributed by atoms with E-state index in [1.165, 1.54) is 12.8 Å². The van der Waals surface area contributed by atoms with Crippen molar-refractivity contribution < 1.29 is 4.79 Å². The Morgan fingerprint density at radius 1 is 1.41 bits per heavy atom. The predicted octanol–water partition coefficient (Wildman–Crippen LogP) is 3.90. The Kier molecular flexibility index (Phi) is 4.34. The van der Waals surface area contributed by atoms with Gasteiger partial charge in [0.2, 0.25) is 0 Å². The van der Waals surface area contributed by atoms with Crippen LogP contribution in [0.1, 0.15) is 23.2 Å². The van der Waals surface area contributed by atoms with Crippen molar-refractivity contribution in [1.82, 2.24) is 5.32 Å². The average Bonchev–Trinajstić information content (AvgIpc) is 3.09. The standard InChI is InChI=1S/C12H12BrCl2NO/c13-8(7-4-5-7)6-16-12(17)11-9(14)2-1-3-10(11)15/h1-3,7-8H,4-6H2,(H,16,17). The minimum Gasteiger partial charge on any atom is -0.351 e. The Balaban J connectivity index is 1.99. The molecule has 2 nitrogen and oxygen atoms in total. The van der Waals surface area contributed by atoms with Crippen molar-refractivity contribution >= 4 is 45.0 Å². The van der Waals surface area contributed by atoms with E-state index in [-0.39, 0.29) is 5.91 Å². The summed E-state index contributed by atoms with van der Waals surface area (Å²) in [6, 6.07) is 5.04. The zero-order chi connectivity index (χ0) is 12.4. The number of rotatable bonds is 4. The van der Waals surface area contributed by atoms with E-state index in [1.807, 2.05) is 0 Å². The van der Waals surface area contributed by atoms with E-state index in [9.17, 15) is 4.79 Å². The number of carbonyl (C=O) groups is 1. The summed E-state index contributed by atoms with van der Waals surface area (Å²) in [6.07, 6.45) is 2.47. The van der Waals surface area contributed by atoms with Crippen molar-refractivity contribution in [2.24, 2.45) is 5.92 Å². The first-order chi connectivity index (χ1) is 8.09. The van der Waals surface area contributed by atoms with Gasteiger partial charge in [-0.3, -0.25) is 4.79 Å². The van der Waals surface area contributed by atoms with Crippen molar-refractivity contribution in [2.45, 2.75) is 17.7 Å². The highest BCUT2D eigenvalue weighted by Gasteiger charge is 2.29. The van der Waals surface area contributed by atoms with Crippen molar-refractivity contribution in [1.29, 1.82) is 0 Å². The van der Waals surface area contributed by atoms with E-state index < -0.39 is 0 Å². The molecule has 1 atom stereocenters. The number of halogens is 3. The van der Waals surface area contributed by atoms with Gasteiger partial charge < -0.3 is 5.32 Å². The van der Waals surface area contributed by atoms with Crippen LogP contribution in [-0.4, -0.2) is 17.3 Å². The van der Waals surface area contributed by atoms with Crippen LogP contribution in [0.5, 0.6) is 0 Å². The van der Waals surface area contributed by atoms with Gasteiger partial charge >= 0.3 is 0 Å². The molecule has 1 fully saturated rings. The van der Waals surface area contributed by atoms with Crippen LogP contribution in [0.15, 0.2) is 18.2 Å². The van der Waals surface area contributed by atoms with Crippen LogP contribution in [0, 0.1) is 5.92 Å². The molecule has 17 heavy (non-hydrogen) atoms. The summed E-state index contributed by atoms with van der Waals surface area (Å²) < 4.78 is 0. The molecule has 0 bridgehead atoms. The molecule has 92 valence electrons. The molecule has 2 rings (SSSR count). The quantitative estimate of drug-likeness (QED) is 0.830. The molecule has 1 saturated carbocycles. The first-order valence-corrected chi connectivity index (χ1v) is 7.13. The van der Waals surface area contributed by atoms with Gasteiger partial charge in [0, 0.05) is 11.4 Å². The number of nitrogens with one attached hydrogen (secondary N) is 1. The van der Waals surface area contributed by atoms with E-state index in [0.29, 0.717) is 32.9 Å². The summed E-state index contributed by atoms with van der Waals surface area (Å²) in [5.41, 5.74) is 0.353. The lowest BCUT2D eigenvalue weighted by molar-refractivity contribution is 0.0954. The Labute approximate surface area is 119 Å². The smallest absolute Gasteiger partial charge is 0.254 e. The second-order valence-electron chi connectivity index (χ2n) is 4.16. The summed E-state index contributed by atoms with van der Waals surface area (Å²) in [4.78, 5) is 12.3. The molecule has 1 amide bonds. The molecular formula is C12H12BrCl2NO. The fraction of sp³-hybridized carbons (Fsp3) is 0.417. The molecule has 0 radical (unpaired) electrons. The highest BCUT2D eigenvalue weighted by molar-refractivity contribution is 9.09. The normalized spacial score (nSPS) is 16.6. The molecule has 0 spiro atoms. The third-order valence-electron chi connectivity index (χ3n) is 2.78. The van der Waals surface area contributed by atoms with E-state index in [2.05, 4.69) is 21.2 Å². The zero-order valence-electron chi connectivity index (χ0n) is 9.05. The SMILES string of the molecule is O=C(NCC(Br)C1CC1)c1c(Cl)cccc1Cl. The Hall–Kier alpha value is -0.250. The fourth-order valence-corrected chi connectivity index (χ4v) is 2.88. The predicted molar refractivity (Wildman–Crippen MR) is 74.2 cm³/mol. The van der Waals surface area contributed by atoms with Gasteiger partial charge in [0.15, 0.2) is 0 Å².